The number of rotatable bonds is 9. The molecule has 3 atom stereocenters. The van der Waals surface area contributed by atoms with Gasteiger partial charge in [-0.3, -0.25) is 4.79 Å². The second kappa shape index (κ2) is 8.48. The van der Waals surface area contributed by atoms with Gasteiger partial charge in [-0.15, -0.1) is 0 Å². The van der Waals surface area contributed by atoms with E-state index in [1.54, 1.807) is 0 Å². The van der Waals surface area contributed by atoms with Crippen LogP contribution >= 0.6 is 22.6 Å². The van der Waals surface area contributed by atoms with Crippen molar-refractivity contribution in [1.82, 2.24) is 16.0 Å². The molecule has 0 aliphatic carbocycles. The Bertz CT molecular complexity index is 541. The maximum absolute atomic E-state index is 11.6. The van der Waals surface area contributed by atoms with Crippen molar-refractivity contribution in [1.29, 1.82) is 0 Å². The lowest BCUT2D eigenvalue weighted by atomic mass is 10.0. The molecular weight excluding hydrogens is 358 g/mol. The Morgan fingerprint density at radius 2 is 2.17 bits per heavy atom. The first-order valence-corrected chi connectivity index (χ1v) is 12.1. The number of urea groups is 1. The van der Waals surface area contributed by atoms with E-state index in [0.29, 0.717) is 24.0 Å². The summed E-state index contributed by atoms with van der Waals surface area (Å²) in [6.07, 6.45) is 4.36. The number of hydrogen-bond donors (Lipinski definition) is 3. The molecule has 10 heteroatoms. The standard InChI is InChI=1S/C13H23N3O4S3/c1-23(19,20)22-7-6-14-11(17)5-3-2-4-10-12-9(8-21-10)15-13(18)16-12/h9-10,12H,2-8H2,1H3,(H,14,17)(H2,15,16,18)/t9?,10-,12?/m0/s1. The molecule has 132 valence electrons. The molecule has 0 saturated carbocycles. The number of thioether (sulfide) groups is 1. The molecule has 0 aromatic carbocycles. The van der Waals surface area contributed by atoms with E-state index in [9.17, 15) is 18.0 Å². The van der Waals surface area contributed by atoms with E-state index >= 15 is 0 Å². The highest BCUT2D eigenvalue weighted by Crippen LogP contribution is 2.33. The second-order valence-electron chi connectivity index (χ2n) is 5.74. The van der Waals surface area contributed by atoms with E-state index in [2.05, 4.69) is 16.0 Å². The molecule has 0 bridgehead atoms. The summed E-state index contributed by atoms with van der Waals surface area (Å²) in [5.41, 5.74) is 0. The van der Waals surface area contributed by atoms with Crippen molar-refractivity contribution in [2.75, 3.05) is 24.3 Å². The van der Waals surface area contributed by atoms with Crippen LogP contribution in [0.3, 0.4) is 0 Å². The van der Waals surface area contributed by atoms with E-state index in [-0.39, 0.29) is 24.0 Å². The summed E-state index contributed by atoms with van der Waals surface area (Å²) < 4.78 is 21.9. The summed E-state index contributed by atoms with van der Waals surface area (Å²) in [6.45, 7) is 0.372. The number of carbonyl (C=O) groups excluding carboxylic acids is 2. The van der Waals surface area contributed by atoms with Crippen LogP contribution in [0, 0.1) is 0 Å². The van der Waals surface area contributed by atoms with Gasteiger partial charge in [0.2, 0.25) is 5.91 Å². The maximum Gasteiger partial charge on any atom is 0.315 e. The summed E-state index contributed by atoms with van der Waals surface area (Å²) in [6, 6.07) is 0.388. The first kappa shape index (κ1) is 18.7. The first-order chi connectivity index (χ1) is 10.8. The molecule has 0 radical (unpaired) electrons. The van der Waals surface area contributed by atoms with Crippen LogP contribution < -0.4 is 16.0 Å². The van der Waals surface area contributed by atoms with Gasteiger partial charge < -0.3 is 16.0 Å². The van der Waals surface area contributed by atoms with Gasteiger partial charge in [0.05, 0.1) is 12.1 Å². The van der Waals surface area contributed by atoms with Crippen LogP contribution in [0.1, 0.15) is 25.7 Å². The van der Waals surface area contributed by atoms with E-state index < -0.39 is 8.87 Å². The van der Waals surface area contributed by atoms with Crippen molar-refractivity contribution < 1.29 is 18.0 Å². The quantitative estimate of drug-likeness (QED) is 0.306. The molecule has 2 aliphatic rings. The van der Waals surface area contributed by atoms with Crippen LogP contribution in [0.2, 0.25) is 0 Å². The smallest absolute Gasteiger partial charge is 0.315 e. The monoisotopic (exact) mass is 381 g/mol. The third-order valence-corrected chi connectivity index (χ3v) is 7.89. The molecule has 7 nitrogen and oxygen atoms in total. The molecule has 2 saturated heterocycles. The highest BCUT2D eigenvalue weighted by atomic mass is 33.1. The van der Waals surface area contributed by atoms with Gasteiger partial charge in [-0.1, -0.05) is 6.42 Å². The van der Waals surface area contributed by atoms with Gasteiger partial charge in [0.15, 0.2) is 8.87 Å². The van der Waals surface area contributed by atoms with E-state index in [1.165, 1.54) is 0 Å². The zero-order valence-corrected chi connectivity index (χ0v) is 15.5. The van der Waals surface area contributed by atoms with Crippen molar-refractivity contribution in [3.63, 3.8) is 0 Å². The molecule has 3 N–H and O–H groups in total. The van der Waals surface area contributed by atoms with Crippen molar-refractivity contribution in [2.24, 2.45) is 0 Å². The second-order valence-corrected chi connectivity index (χ2v) is 11.6. The van der Waals surface area contributed by atoms with E-state index in [1.807, 2.05) is 11.8 Å². The van der Waals surface area contributed by atoms with Crippen LogP contribution in [-0.4, -0.2) is 62.0 Å². The maximum atomic E-state index is 11.6. The fourth-order valence-corrected chi connectivity index (χ4v) is 5.94. The molecule has 2 aliphatic heterocycles. The summed E-state index contributed by atoms with van der Waals surface area (Å²) in [5, 5.41) is 9.03. The Hall–Kier alpha value is -0.610. The van der Waals surface area contributed by atoms with Crippen LogP contribution in [0.25, 0.3) is 0 Å². The number of hydrogen-bond acceptors (Lipinski definition) is 6. The van der Waals surface area contributed by atoms with Gasteiger partial charge in [0.25, 0.3) is 0 Å². The van der Waals surface area contributed by atoms with Crippen LogP contribution in [-0.2, 0) is 13.7 Å². The summed E-state index contributed by atoms with van der Waals surface area (Å²) in [5.74, 6) is 1.29. The van der Waals surface area contributed by atoms with Crippen molar-refractivity contribution >= 4 is 43.4 Å². The van der Waals surface area contributed by atoms with Gasteiger partial charge in [0, 0.05) is 36.0 Å². The van der Waals surface area contributed by atoms with Gasteiger partial charge in [-0.05, 0) is 23.6 Å². The molecule has 2 unspecified atom stereocenters. The number of nitrogens with one attached hydrogen (secondary N) is 3. The van der Waals surface area contributed by atoms with E-state index in [4.69, 9.17) is 0 Å². The Labute approximate surface area is 144 Å². The largest absolute Gasteiger partial charge is 0.355 e. The lowest BCUT2D eigenvalue weighted by Crippen LogP contribution is -2.36. The molecule has 2 fully saturated rings. The Morgan fingerprint density at radius 3 is 2.91 bits per heavy atom. The third kappa shape index (κ3) is 6.42. The summed E-state index contributed by atoms with van der Waals surface area (Å²) in [4.78, 5) is 22.9. The Morgan fingerprint density at radius 1 is 1.39 bits per heavy atom. The van der Waals surface area contributed by atoms with Crippen LogP contribution in [0.4, 0.5) is 4.79 Å². The van der Waals surface area contributed by atoms with E-state index in [0.717, 1.165) is 42.1 Å². The molecular formula is C13H23N3O4S3. The summed E-state index contributed by atoms with van der Waals surface area (Å²) in [7, 11) is -2.19. The van der Waals surface area contributed by atoms with Gasteiger partial charge in [-0.25, -0.2) is 13.2 Å². The highest BCUT2D eigenvalue weighted by molar-refractivity contribution is 8.71. The van der Waals surface area contributed by atoms with Crippen molar-refractivity contribution in [3.05, 3.63) is 0 Å². The molecule has 2 rings (SSSR count). The first-order valence-electron chi connectivity index (χ1n) is 7.65. The topological polar surface area (TPSA) is 104 Å². The third-order valence-electron chi connectivity index (χ3n) is 3.80. The molecule has 0 spiro atoms. The van der Waals surface area contributed by atoms with Crippen molar-refractivity contribution in [2.45, 2.75) is 43.0 Å². The molecule has 23 heavy (non-hydrogen) atoms. The zero-order chi connectivity index (χ0) is 16.9. The van der Waals surface area contributed by atoms with Gasteiger partial charge >= 0.3 is 6.03 Å². The molecule has 2 heterocycles. The predicted octanol–water partition coefficient (Wildman–Crippen LogP) is 0.521. The predicted molar refractivity (Wildman–Crippen MR) is 94.3 cm³/mol. The average molecular weight is 382 g/mol. The minimum Gasteiger partial charge on any atom is -0.355 e. The lowest BCUT2D eigenvalue weighted by Gasteiger charge is -2.16. The number of fused-ring (bicyclic) bond motifs is 1. The fraction of sp³-hybridized carbons (Fsp3) is 0.846. The molecule has 0 aromatic heterocycles. The van der Waals surface area contributed by atoms with Crippen molar-refractivity contribution in [3.8, 4) is 0 Å². The zero-order valence-electron chi connectivity index (χ0n) is 13.0. The minimum atomic E-state index is -3.04. The average Bonchev–Trinajstić information content (AvgIpc) is 2.98. The van der Waals surface area contributed by atoms with Crippen LogP contribution in [0.5, 0.6) is 0 Å². The summed E-state index contributed by atoms with van der Waals surface area (Å²) >= 11 is 1.88. The van der Waals surface area contributed by atoms with Gasteiger partial charge in [-0.2, -0.15) is 11.8 Å². The number of amides is 3. The highest BCUT2D eigenvalue weighted by Gasteiger charge is 2.42. The number of carbonyl (C=O) groups is 2. The fourth-order valence-electron chi connectivity index (χ4n) is 2.75. The molecule has 0 aromatic rings. The minimum absolute atomic E-state index is 0.0353. The van der Waals surface area contributed by atoms with Gasteiger partial charge in [0.1, 0.15) is 0 Å². The normalized spacial score (nSPS) is 26.5. The van der Waals surface area contributed by atoms with Crippen LogP contribution in [0.15, 0.2) is 0 Å². The Balaban J connectivity index is 1.52. The SMILES string of the molecule is CS(=O)(=O)SCCNC(=O)CCCC[C@@H]1SCC2NC(=O)NC21. The number of unbranched alkanes of at least 4 members (excludes halogenated alkanes) is 1. The Kier molecular flexibility index (Phi) is 6.90. The lowest BCUT2D eigenvalue weighted by molar-refractivity contribution is -0.121. The molecule has 3 amide bonds.